The van der Waals surface area contributed by atoms with Crippen molar-refractivity contribution in [3.05, 3.63) is 92.0 Å². The Hall–Kier alpha value is -3.81. The number of benzene rings is 4. The number of aromatic nitrogens is 2. The van der Waals surface area contributed by atoms with Gasteiger partial charge in [0.1, 0.15) is 5.75 Å². The first-order valence-corrected chi connectivity index (χ1v) is 11.1. The van der Waals surface area contributed by atoms with E-state index in [0.29, 0.717) is 43.4 Å². The molecule has 1 aromatic heterocycles. The molecule has 5 aromatic rings. The number of halogens is 2. The Morgan fingerprint density at radius 1 is 0.912 bits per heavy atom. The maximum Gasteiger partial charge on any atom is 0.312 e. The monoisotopic (exact) mass is 489 g/mol. The normalized spacial score (nSPS) is 15.5. The van der Waals surface area contributed by atoms with Crippen LogP contribution in [0.15, 0.2) is 60.7 Å². The SMILES string of the molecule is O=C1CC(c2ccc([N+](=O)[O-])cc2)c2c(c3ccccc3c3nc4cc(Cl)c(Cl)cc4nc23)O1. The summed E-state index contributed by atoms with van der Waals surface area (Å²) in [7, 11) is 0. The van der Waals surface area contributed by atoms with Gasteiger partial charge in [-0.05, 0) is 17.7 Å². The van der Waals surface area contributed by atoms with Crippen LogP contribution in [0.25, 0.3) is 32.8 Å². The first-order valence-electron chi connectivity index (χ1n) is 10.4. The average molecular weight is 490 g/mol. The zero-order valence-corrected chi connectivity index (χ0v) is 18.8. The summed E-state index contributed by atoms with van der Waals surface area (Å²) in [5.74, 6) is -0.376. The average Bonchev–Trinajstić information content (AvgIpc) is 2.83. The molecular formula is C25H13Cl2N3O4. The Bertz CT molecular complexity index is 1690. The van der Waals surface area contributed by atoms with Gasteiger partial charge >= 0.3 is 5.97 Å². The van der Waals surface area contributed by atoms with Gasteiger partial charge in [-0.15, -0.1) is 0 Å². The molecule has 0 N–H and O–H groups in total. The smallest absolute Gasteiger partial charge is 0.312 e. The number of esters is 1. The van der Waals surface area contributed by atoms with Crippen molar-refractivity contribution in [2.75, 3.05) is 0 Å². The zero-order valence-electron chi connectivity index (χ0n) is 17.3. The second-order valence-electron chi connectivity index (χ2n) is 8.04. The second kappa shape index (κ2) is 7.62. The van der Waals surface area contributed by atoms with Crippen LogP contribution in [0, 0.1) is 10.1 Å². The second-order valence-corrected chi connectivity index (χ2v) is 8.86. The lowest BCUT2D eigenvalue weighted by Gasteiger charge is -2.27. The van der Waals surface area contributed by atoms with Crippen molar-refractivity contribution >= 4 is 67.7 Å². The zero-order chi connectivity index (χ0) is 23.6. The molecule has 0 saturated heterocycles. The van der Waals surface area contributed by atoms with E-state index in [1.165, 1.54) is 12.1 Å². The van der Waals surface area contributed by atoms with Crippen molar-refractivity contribution in [1.82, 2.24) is 9.97 Å². The van der Waals surface area contributed by atoms with Gasteiger partial charge < -0.3 is 4.74 Å². The lowest BCUT2D eigenvalue weighted by molar-refractivity contribution is -0.384. The number of fused-ring (bicyclic) bond motifs is 7. The number of nitro groups is 1. The van der Waals surface area contributed by atoms with E-state index in [0.717, 1.165) is 16.3 Å². The van der Waals surface area contributed by atoms with Crippen LogP contribution in [0.3, 0.4) is 0 Å². The Labute approximate surface area is 202 Å². The van der Waals surface area contributed by atoms with Gasteiger partial charge in [0, 0.05) is 34.4 Å². The Kier molecular flexibility index (Phi) is 4.65. The minimum absolute atomic E-state index is 0.0250. The fraction of sp³-hybridized carbons (Fsp3) is 0.0800. The van der Waals surface area contributed by atoms with Gasteiger partial charge in [0.2, 0.25) is 0 Å². The summed E-state index contributed by atoms with van der Waals surface area (Å²) in [6, 6.07) is 17.0. The van der Waals surface area contributed by atoms with Crippen molar-refractivity contribution < 1.29 is 14.5 Å². The van der Waals surface area contributed by atoms with E-state index in [9.17, 15) is 14.9 Å². The van der Waals surface area contributed by atoms with Crippen molar-refractivity contribution in [2.24, 2.45) is 0 Å². The third-order valence-electron chi connectivity index (χ3n) is 6.07. The van der Waals surface area contributed by atoms with Gasteiger partial charge in [0.15, 0.2) is 0 Å². The number of nitrogens with zero attached hydrogens (tertiary/aromatic N) is 3. The summed E-state index contributed by atoms with van der Waals surface area (Å²) in [6.07, 6.45) is 0.0688. The Morgan fingerprint density at radius 2 is 1.53 bits per heavy atom. The van der Waals surface area contributed by atoms with Gasteiger partial charge in [-0.3, -0.25) is 14.9 Å². The van der Waals surface area contributed by atoms with Crippen molar-refractivity contribution in [2.45, 2.75) is 12.3 Å². The molecule has 1 aliphatic rings. The molecule has 0 aliphatic carbocycles. The van der Waals surface area contributed by atoms with E-state index in [2.05, 4.69) is 0 Å². The highest BCUT2D eigenvalue weighted by atomic mass is 35.5. The van der Waals surface area contributed by atoms with Gasteiger partial charge in [-0.2, -0.15) is 0 Å². The van der Waals surface area contributed by atoms with Crippen LogP contribution < -0.4 is 4.74 Å². The first-order chi connectivity index (χ1) is 16.4. The van der Waals surface area contributed by atoms with E-state index < -0.39 is 10.8 Å². The van der Waals surface area contributed by atoms with E-state index in [4.69, 9.17) is 37.9 Å². The Morgan fingerprint density at radius 3 is 2.18 bits per heavy atom. The first kappa shape index (κ1) is 20.8. The molecule has 1 atom stereocenters. The third-order valence-corrected chi connectivity index (χ3v) is 6.80. The van der Waals surface area contributed by atoms with Gasteiger partial charge in [0.05, 0.1) is 43.5 Å². The van der Waals surface area contributed by atoms with Crippen LogP contribution in [0.5, 0.6) is 5.75 Å². The van der Waals surface area contributed by atoms with Crippen LogP contribution in [0.2, 0.25) is 10.0 Å². The Balaban J connectivity index is 1.72. The van der Waals surface area contributed by atoms with Gasteiger partial charge in [-0.1, -0.05) is 59.6 Å². The minimum Gasteiger partial charge on any atom is -0.425 e. The molecule has 7 nitrogen and oxygen atoms in total. The molecular weight excluding hydrogens is 477 g/mol. The quantitative estimate of drug-likeness (QED) is 0.0692. The van der Waals surface area contributed by atoms with Crippen molar-refractivity contribution in [3.8, 4) is 5.75 Å². The molecule has 34 heavy (non-hydrogen) atoms. The number of carbonyl (C=O) groups is 1. The highest BCUT2D eigenvalue weighted by molar-refractivity contribution is 6.42. The summed E-state index contributed by atoms with van der Waals surface area (Å²) in [4.78, 5) is 33.1. The summed E-state index contributed by atoms with van der Waals surface area (Å²) >= 11 is 12.5. The lowest BCUT2D eigenvalue weighted by Crippen LogP contribution is -2.22. The fourth-order valence-corrected chi connectivity index (χ4v) is 4.85. The number of ether oxygens (including phenoxy) is 1. The van der Waals surface area contributed by atoms with Crippen molar-refractivity contribution in [3.63, 3.8) is 0 Å². The number of rotatable bonds is 2. The molecule has 1 unspecified atom stereocenters. The summed E-state index contributed by atoms with van der Waals surface area (Å²) < 4.78 is 5.76. The van der Waals surface area contributed by atoms with E-state index in [1.54, 1.807) is 24.3 Å². The number of hydrogen-bond acceptors (Lipinski definition) is 6. The van der Waals surface area contributed by atoms with E-state index in [-0.39, 0.29) is 18.1 Å². The molecule has 2 heterocycles. The van der Waals surface area contributed by atoms with E-state index in [1.807, 2.05) is 24.3 Å². The molecule has 0 spiro atoms. The highest BCUT2D eigenvalue weighted by Gasteiger charge is 2.33. The highest BCUT2D eigenvalue weighted by Crippen LogP contribution is 2.47. The summed E-state index contributed by atoms with van der Waals surface area (Å²) in [5, 5.41) is 13.4. The molecule has 0 saturated carbocycles. The van der Waals surface area contributed by atoms with Gasteiger partial charge in [0.25, 0.3) is 5.69 Å². The molecule has 0 amide bonds. The number of non-ortho nitro benzene ring substituents is 1. The number of nitro benzene ring substituents is 1. The van der Waals surface area contributed by atoms with Crippen LogP contribution in [-0.4, -0.2) is 20.9 Å². The van der Waals surface area contributed by atoms with Crippen molar-refractivity contribution in [1.29, 1.82) is 0 Å². The molecule has 9 heteroatoms. The summed E-state index contributed by atoms with van der Waals surface area (Å²) in [6.45, 7) is 0. The van der Waals surface area contributed by atoms with Crippen LogP contribution in [0.1, 0.15) is 23.5 Å². The molecule has 166 valence electrons. The molecule has 4 aromatic carbocycles. The molecule has 1 aliphatic heterocycles. The predicted molar refractivity (Wildman–Crippen MR) is 130 cm³/mol. The number of hydrogen-bond donors (Lipinski definition) is 0. The fourth-order valence-electron chi connectivity index (χ4n) is 4.54. The minimum atomic E-state index is -0.456. The molecule has 0 fully saturated rings. The van der Waals surface area contributed by atoms with E-state index >= 15 is 0 Å². The standard InChI is InChI=1S/C25H13Cl2N3O4/c26-17-10-19-20(11-18(17)27)29-24-22-16(12-5-7-13(8-6-12)30(32)33)9-21(31)34-25(22)15-4-2-1-3-14(15)23(24)28-19/h1-8,10-11,16H,9H2. The summed E-state index contributed by atoms with van der Waals surface area (Å²) in [5.41, 5.74) is 3.80. The molecule has 6 rings (SSSR count). The third kappa shape index (κ3) is 3.16. The predicted octanol–water partition coefficient (Wildman–Crippen LogP) is 6.59. The maximum absolute atomic E-state index is 12.7. The lowest BCUT2D eigenvalue weighted by atomic mass is 9.83. The van der Waals surface area contributed by atoms with Crippen LogP contribution in [-0.2, 0) is 4.79 Å². The molecule has 0 bridgehead atoms. The van der Waals surface area contributed by atoms with Crippen LogP contribution in [0.4, 0.5) is 5.69 Å². The topological polar surface area (TPSA) is 95.2 Å². The maximum atomic E-state index is 12.7. The number of carbonyl (C=O) groups excluding carboxylic acids is 1. The largest absolute Gasteiger partial charge is 0.425 e. The van der Waals surface area contributed by atoms with Crippen LogP contribution >= 0.6 is 23.2 Å². The van der Waals surface area contributed by atoms with Gasteiger partial charge in [-0.25, -0.2) is 9.97 Å². The molecule has 0 radical (unpaired) electrons.